The molecule has 0 bridgehead atoms. The molecule has 0 radical (unpaired) electrons. The zero-order chi connectivity index (χ0) is 16.9. The van der Waals surface area contributed by atoms with Crippen molar-refractivity contribution < 1.29 is 19.1 Å². The highest BCUT2D eigenvalue weighted by Crippen LogP contribution is 2.19. The van der Waals surface area contributed by atoms with Gasteiger partial charge in [-0.2, -0.15) is 5.10 Å². The van der Waals surface area contributed by atoms with Crippen molar-refractivity contribution in [3.8, 4) is 0 Å². The maximum atomic E-state index is 11.7. The highest BCUT2D eigenvalue weighted by atomic mass is 16.5. The zero-order valence-electron chi connectivity index (χ0n) is 13.3. The molecule has 1 aliphatic rings. The summed E-state index contributed by atoms with van der Waals surface area (Å²) in [5, 5.41) is 3.35. The van der Waals surface area contributed by atoms with Crippen LogP contribution in [0.1, 0.15) is 51.4 Å². The van der Waals surface area contributed by atoms with Crippen LogP contribution in [0.2, 0.25) is 0 Å². The lowest BCUT2D eigenvalue weighted by atomic mass is 9.99. The highest BCUT2D eigenvalue weighted by molar-refractivity contribution is 5.91. The molecule has 8 nitrogen and oxygen atoms in total. The maximum absolute atomic E-state index is 11.7. The Labute approximate surface area is 136 Å². The molecule has 8 heteroatoms. The number of hydrogen-bond acceptors (Lipinski definition) is 7. The molecule has 1 aliphatic carbocycles. The van der Waals surface area contributed by atoms with Gasteiger partial charge < -0.3 is 20.7 Å². The first-order chi connectivity index (χ1) is 11.2. The van der Waals surface area contributed by atoms with Crippen LogP contribution < -0.4 is 17.1 Å². The second kappa shape index (κ2) is 11.5. The lowest BCUT2D eigenvalue weighted by molar-refractivity contribution is -0.145. The van der Waals surface area contributed by atoms with Gasteiger partial charge in [-0.25, -0.2) is 15.4 Å². The Morgan fingerprint density at radius 3 is 2.30 bits per heavy atom. The molecule has 0 unspecified atom stereocenters. The third-order valence-corrected chi connectivity index (χ3v) is 3.60. The Hall–Kier alpha value is -2.09. The number of esters is 2. The molecule has 0 amide bonds. The third kappa shape index (κ3) is 8.82. The van der Waals surface area contributed by atoms with E-state index in [1.165, 1.54) is 19.3 Å². The average molecular weight is 326 g/mol. The van der Waals surface area contributed by atoms with Crippen molar-refractivity contribution in [1.82, 2.24) is 5.43 Å². The van der Waals surface area contributed by atoms with Crippen LogP contribution in [0.5, 0.6) is 0 Å². The van der Waals surface area contributed by atoms with Crippen molar-refractivity contribution in [2.45, 2.75) is 57.5 Å². The fourth-order valence-corrected chi connectivity index (χ4v) is 2.35. The van der Waals surface area contributed by atoms with E-state index in [0.29, 0.717) is 5.84 Å². The van der Waals surface area contributed by atoms with E-state index >= 15 is 0 Å². The molecule has 130 valence electrons. The maximum Gasteiger partial charge on any atom is 0.331 e. The Morgan fingerprint density at radius 2 is 1.70 bits per heavy atom. The van der Waals surface area contributed by atoms with Gasteiger partial charge in [-0.3, -0.25) is 0 Å². The van der Waals surface area contributed by atoms with Gasteiger partial charge in [0.15, 0.2) is 0 Å². The van der Waals surface area contributed by atoms with Crippen LogP contribution in [0, 0.1) is 0 Å². The summed E-state index contributed by atoms with van der Waals surface area (Å²) >= 11 is 0. The minimum atomic E-state index is -0.631. The summed E-state index contributed by atoms with van der Waals surface area (Å²) in [5.41, 5.74) is 2.27. The standard InChI is InChI=1S/C15H26N4O4/c16-18-13(19-17)10-11-22-14(20)8-9-15(21)23-12-6-4-2-1-3-5-7-12/h8-9,12H,1-7,10-11,16-17H2,(H,18,19)/b9-8+. The number of hydrazone groups is 1. The molecule has 0 aliphatic heterocycles. The molecule has 23 heavy (non-hydrogen) atoms. The van der Waals surface area contributed by atoms with Crippen molar-refractivity contribution in [1.29, 1.82) is 0 Å². The predicted molar refractivity (Wildman–Crippen MR) is 85.9 cm³/mol. The molecule has 5 N–H and O–H groups in total. The Morgan fingerprint density at radius 1 is 1.09 bits per heavy atom. The highest BCUT2D eigenvalue weighted by Gasteiger charge is 2.14. The van der Waals surface area contributed by atoms with E-state index in [1.54, 1.807) is 0 Å². The Balaban J connectivity index is 2.26. The molecule has 0 aromatic heterocycles. The van der Waals surface area contributed by atoms with Gasteiger partial charge in [0, 0.05) is 18.6 Å². The zero-order valence-corrected chi connectivity index (χ0v) is 13.3. The number of amidine groups is 1. The first-order valence-corrected chi connectivity index (χ1v) is 7.94. The van der Waals surface area contributed by atoms with Gasteiger partial charge in [0.25, 0.3) is 0 Å². The largest absolute Gasteiger partial charge is 0.462 e. The number of carbonyl (C=O) groups excluding carboxylic acids is 2. The summed E-state index contributed by atoms with van der Waals surface area (Å²) in [6.07, 6.45) is 9.90. The van der Waals surface area contributed by atoms with E-state index in [1.807, 2.05) is 0 Å². The van der Waals surface area contributed by atoms with Gasteiger partial charge in [0.05, 0.1) is 6.61 Å². The van der Waals surface area contributed by atoms with Gasteiger partial charge in [0.2, 0.25) is 0 Å². The smallest absolute Gasteiger partial charge is 0.331 e. The van der Waals surface area contributed by atoms with Crippen LogP contribution in [-0.2, 0) is 19.1 Å². The van der Waals surface area contributed by atoms with Gasteiger partial charge in [-0.1, -0.05) is 19.3 Å². The lowest BCUT2D eigenvalue weighted by Gasteiger charge is -2.19. The van der Waals surface area contributed by atoms with Crippen molar-refractivity contribution in [2.24, 2.45) is 16.8 Å². The van der Waals surface area contributed by atoms with Crippen molar-refractivity contribution >= 4 is 17.8 Å². The summed E-state index contributed by atoms with van der Waals surface area (Å²) in [5.74, 6) is 9.34. The first kappa shape index (κ1) is 19.0. The molecule has 1 rings (SSSR count). The van der Waals surface area contributed by atoms with Crippen LogP contribution in [0.25, 0.3) is 0 Å². The van der Waals surface area contributed by atoms with Crippen LogP contribution in [0.4, 0.5) is 0 Å². The summed E-state index contributed by atoms with van der Waals surface area (Å²) in [6, 6.07) is 0. The quantitative estimate of drug-likeness (QED) is 0.165. The number of rotatable bonds is 6. The monoisotopic (exact) mass is 326 g/mol. The predicted octanol–water partition coefficient (Wildman–Crippen LogP) is 0.868. The fraction of sp³-hybridized carbons (Fsp3) is 0.667. The first-order valence-electron chi connectivity index (χ1n) is 7.94. The number of nitrogens with zero attached hydrogens (tertiary/aromatic N) is 1. The minimum Gasteiger partial charge on any atom is -0.462 e. The van der Waals surface area contributed by atoms with E-state index in [2.05, 4.69) is 10.5 Å². The second-order valence-corrected chi connectivity index (χ2v) is 5.37. The number of nitrogens with one attached hydrogen (secondary N) is 1. The molecular formula is C15H26N4O4. The van der Waals surface area contributed by atoms with Gasteiger partial charge in [0.1, 0.15) is 11.9 Å². The van der Waals surface area contributed by atoms with Crippen LogP contribution in [0.3, 0.4) is 0 Å². The van der Waals surface area contributed by atoms with Gasteiger partial charge in [-0.05, 0) is 25.7 Å². The number of nitrogens with two attached hydrogens (primary N) is 2. The second-order valence-electron chi connectivity index (χ2n) is 5.37. The number of ether oxygens (including phenoxy) is 2. The van der Waals surface area contributed by atoms with Gasteiger partial charge >= 0.3 is 11.9 Å². The van der Waals surface area contributed by atoms with Crippen LogP contribution in [-0.4, -0.2) is 30.5 Å². The van der Waals surface area contributed by atoms with E-state index in [9.17, 15) is 9.59 Å². The number of hydrazine groups is 1. The van der Waals surface area contributed by atoms with Crippen molar-refractivity contribution in [3.05, 3.63) is 12.2 Å². The molecule has 0 heterocycles. The summed E-state index contributed by atoms with van der Waals surface area (Å²) < 4.78 is 10.2. The Kier molecular flexibility index (Phi) is 9.46. The van der Waals surface area contributed by atoms with E-state index in [4.69, 9.17) is 21.2 Å². The molecule has 0 saturated heterocycles. The molecule has 0 aromatic rings. The molecule has 1 fully saturated rings. The average Bonchev–Trinajstić information content (AvgIpc) is 2.52. The van der Waals surface area contributed by atoms with Crippen molar-refractivity contribution in [3.63, 3.8) is 0 Å². The topological polar surface area (TPSA) is 129 Å². The molecule has 0 spiro atoms. The van der Waals surface area contributed by atoms with Crippen LogP contribution in [0.15, 0.2) is 17.3 Å². The van der Waals surface area contributed by atoms with E-state index in [-0.39, 0.29) is 19.1 Å². The number of carbonyl (C=O) groups is 2. The van der Waals surface area contributed by atoms with Crippen LogP contribution >= 0.6 is 0 Å². The molecule has 0 atom stereocenters. The van der Waals surface area contributed by atoms with Crippen molar-refractivity contribution in [2.75, 3.05) is 6.61 Å². The minimum absolute atomic E-state index is 0.0533. The third-order valence-electron chi connectivity index (χ3n) is 3.60. The molecule has 1 saturated carbocycles. The van der Waals surface area contributed by atoms with E-state index < -0.39 is 11.9 Å². The normalized spacial score (nSPS) is 17.3. The SMILES string of the molecule is N/N=C(/CCOC(=O)/C=C/C(=O)OC1CCCCCCC1)NN. The lowest BCUT2D eigenvalue weighted by Crippen LogP contribution is -2.32. The fourth-order valence-electron chi connectivity index (χ4n) is 2.35. The molecular weight excluding hydrogens is 300 g/mol. The van der Waals surface area contributed by atoms with E-state index in [0.717, 1.165) is 37.8 Å². The molecule has 0 aromatic carbocycles. The summed E-state index contributed by atoms with van der Waals surface area (Å²) in [7, 11) is 0. The summed E-state index contributed by atoms with van der Waals surface area (Å²) in [6.45, 7) is 0.0566. The summed E-state index contributed by atoms with van der Waals surface area (Å²) in [4.78, 5) is 23.2. The Bertz CT molecular complexity index is 429. The number of hydrogen-bond donors (Lipinski definition) is 3. The van der Waals surface area contributed by atoms with Gasteiger partial charge in [-0.15, -0.1) is 0 Å².